The Labute approximate surface area is 408 Å². The van der Waals surface area contributed by atoms with Crippen LogP contribution in [0.25, 0.3) is 55.0 Å². The van der Waals surface area contributed by atoms with E-state index in [1.165, 1.54) is 43.6 Å². The van der Waals surface area contributed by atoms with Crippen molar-refractivity contribution < 1.29 is 90.1 Å². The van der Waals surface area contributed by atoms with Crippen LogP contribution in [0, 0.1) is 0 Å². The maximum absolute atomic E-state index is 14.6. The van der Waals surface area contributed by atoms with Crippen LogP contribution >= 0.6 is 34.0 Å². The van der Waals surface area contributed by atoms with Crippen LogP contribution in [0.1, 0.15) is 45.6 Å². The van der Waals surface area contributed by atoms with Crippen molar-refractivity contribution in [2.24, 2.45) is 0 Å². The number of hydrogen-bond acceptors (Lipinski definition) is 13. The van der Waals surface area contributed by atoms with Crippen LogP contribution in [0.3, 0.4) is 0 Å². The van der Waals surface area contributed by atoms with Crippen molar-refractivity contribution in [3.63, 3.8) is 0 Å². The minimum atomic E-state index is -4.75. The third-order valence-corrected chi connectivity index (χ3v) is 12.2. The molecule has 2 radical (unpaired) electrons. The molecule has 7 aromatic rings. The third-order valence-electron chi connectivity index (χ3n) is 9.30. The Hall–Kier alpha value is -5.49. The molecule has 0 fully saturated rings. The van der Waals surface area contributed by atoms with E-state index >= 15 is 0 Å². The zero-order valence-electron chi connectivity index (χ0n) is 35.4. The number of nitrogens with zero attached hydrogens (tertiary/aromatic N) is 3. The van der Waals surface area contributed by atoms with E-state index < -0.39 is 29.4 Å². The van der Waals surface area contributed by atoms with E-state index in [9.17, 15) is 37.3 Å². The van der Waals surface area contributed by atoms with Gasteiger partial charge in [0.2, 0.25) is 5.76 Å². The van der Waals surface area contributed by atoms with Gasteiger partial charge in [0.05, 0.1) is 57.7 Å². The summed E-state index contributed by atoms with van der Waals surface area (Å²) in [5.74, 6) is -6.15. The number of aromatic nitrogens is 3. The summed E-state index contributed by atoms with van der Waals surface area (Å²) in [5, 5.41) is 38.5. The minimum absolute atomic E-state index is 0. The molecule has 0 amide bonds. The van der Waals surface area contributed by atoms with Gasteiger partial charge in [0, 0.05) is 57.9 Å². The fourth-order valence-electron chi connectivity index (χ4n) is 6.07. The topological polar surface area (TPSA) is 147 Å². The maximum atomic E-state index is 14.6. The summed E-state index contributed by atoms with van der Waals surface area (Å²) in [7, 11) is 4.53. The summed E-state index contributed by atoms with van der Waals surface area (Å²) >= 11 is 3.28. The first kappa shape index (κ1) is 53.1. The van der Waals surface area contributed by atoms with E-state index in [4.69, 9.17) is 19.3 Å². The normalized spacial score (nSPS) is 13.2. The number of rotatable bonds is 10. The van der Waals surface area contributed by atoms with Crippen LogP contribution in [0.5, 0.6) is 17.2 Å². The fourth-order valence-corrected chi connectivity index (χ4v) is 8.82. The average Bonchev–Trinajstić information content (AvgIpc) is 4.06. The number of hydrogen-bond donors (Lipinski definition) is 4. The molecule has 0 atom stereocenters. The molecule has 3 aromatic heterocycles. The van der Waals surface area contributed by atoms with Gasteiger partial charge < -0.3 is 34.6 Å². The molecule has 3 heterocycles. The first-order valence-electron chi connectivity index (χ1n) is 19.1. The molecule has 4 aromatic carbocycles. The van der Waals surface area contributed by atoms with Crippen molar-refractivity contribution in [3.05, 3.63) is 139 Å². The average molecular weight is 1060 g/mol. The van der Waals surface area contributed by atoms with E-state index in [2.05, 4.69) is 46.2 Å². The van der Waals surface area contributed by atoms with Crippen molar-refractivity contribution in [2.45, 2.75) is 38.8 Å². The van der Waals surface area contributed by atoms with Gasteiger partial charge in [0.25, 0.3) is 0 Å². The molecule has 0 unspecified atom stereocenters. The SMILES string of the molecule is CCc1ccc2c(c1)C=C(/C=C(/C)O)C2.COc1ccc2nc(/C=C(\O)C(F)(F)/C(O)=C/c3nc4ccc(OC)cc4s3)sc2c1.COc1ccc2sc(/C=C(\O)C(F)(F)F)nc2c1.[Co].[Co]. The molecular weight excluding hydrogens is 1020 g/mol. The molecule has 0 bridgehead atoms. The van der Waals surface area contributed by atoms with Gasteiger partial charge in [-0.3, -0.25) is 0 Å². The molecule has 20 heteroatoms. The Bertz CT molecular complexity index is 2870. The van der Waals surface area contributed by atoms with E-state index in [1.54, 1.807) is 61.5 Å². The van der Waals surface area contributed by atoms with Crippen molar-refractivity contribution in [2.75, 3.05) is 21.3 Å². The number of ether oxygens (including phenoxy) is 3. The summed E-state index contributed by atoms with van der Waals surface area (Å²) < 4.78 is 83.1. The number of halogens is 5. The standard InChI is InChI=1S/C21H16F2N2O4S2.C14H16O.C11H8F3NO2S.2Co/c1-28-11-3-5-13-15(7-11)30-19(24-13)9-17(26)21(22,23)18(27)10-20-25-14-6-4-12(29-2)8-16(14)31-20;1-3-11-4-5-13-8-12(6-10(2)15)9-14(13)7-11;1-17-6-2-3-8-7(4-6)15-10(18-8)5-9(16)11(12,13)14;;/h3-10,26-27H,1-2H3;4-7,9,15H,3,8H2,1-2H3;2-5,16H,1H3;;/b17-9-,18-10-;10-6-;9-5-;;. The van der Waals surface area contributed by atoms with Gasteiger partial charge in [0.1, 0.15) is 32.3 Å². The number of alkyl halides is 5. The van der Waals surface area contributed by atoms with Crippen molar-refractivity contribution in [1.82, 2.24) is 15.0 Å². The van der Waals surface area contributed by atoms with Gasteiger partial charge in [-0.05, 0) is 96.6 Å². The Balaban J connectivity index is 0.000000232. The van der Waals surface area contributed by atoms with E-state index in [0.717, 1.165) is 63.7 Å². The zero-order chi connectivity index (χ0) is 46.3. The predicted octanol–water partition coefficient (Wildman–Crippen LogP) is 13.5. The number of allylic oxidation sites excluding steroid dienone is 4. The van der Waals surface area contributed by atoms with E-state index in [0.29, 0.717) is 55.0 Å². The first-order chi connectivity index (χ1) is 30.4. The van der Waals surface area contributed by atoms with Gasteiger partial charge in [-0.15, -0.1) is 34.0 Å². The van der Waals surface area contributed by atoms with Crippen LogP contribution < -0.4 is 14.2 Å². The minimum Gasteiger partial charge on any atom is -0.513 e. The van der Waals surface area contributed by atoms with Crippen LogP contribution in [0.4, 0.5) is 22.0 Å². The first-order valence-corrected chi connectivity index (χ1v) is 21.5. The van der Waals surface area contributed by atoms with Crippen molar-refractivity contribution in [3.8, 4) is 17.2 Å². The van der Waals surface area contributed by atoms with Gasteiger partial charge in [-0.25, -0.2) is 15.0 Å². The van der Waals surface area contributed by atoms with Crippen LogP contribution in [-0.4, -0.2) is 68.8 Å². The Morgan fingerprint density at radius 3 is 1.56 bits per heavy atom. The Kier molecular flexibility index (Phi) is 18.4. The van der Waals surface area contributed by atoms with E-state index in [-0.39, 0.29) is 48.6 Å². The summed E-state index contributed by atoms with van der Waals surface area (Å²) in [6, 6.07) is 21.9. The summed E-state index contributed by atoms with van der Waals surface area (Å²) in [6.45, 7) is 3.88. The van der Waals surface area contributed by atoms with Crippen LogP contribution in [0.2, 0.25) is 0 Å². The number of aliphatic hydroxyl groups excluding tert-OH is 4. The molecule has 4 N–H and O–H groups in total. The van der Waals surface area contributed by atoms with Gasteiger partial charge in [-0.1, -0.05) is 31.2 Å². The molecular formula is C46H40Co2F5N3O7S3. The zero-order valence-corrected chi connectivity index (χ0v) is 39.9. The van der Waals surface area contributed by atoms with Crippen molar-refractivity contribution in [1.29, 1.82) is 0 Å². The molecule has 8 rings (SSSR count). The molecule has 1 aliphatic rings. The smallest absolute Gasteiger partial charge is 0.448 e. The van der Waals surface area contributed by atoms with Gasteiger partial charge in [-0.2, -0.15) is 22.0 Å². The Morgan fingerprint density at radius 2 is 1.08 bits per heavy atom. The fraction of sp³-hybridized carbons (Fsp3) is 0.196. The van der Waals surface area contributed by atoms with Gasteiger partial charge in [0.15, 0.2) is 11.5 Å². The number of fused-ring (bicyclic) bond motifs is 4. The number of thiazole rings is 3. The molecule has 352 valence electrons. The summed E-state index contributed by atoms with van der Waals surface area (Å²) in [4.78, 5) is 12.4. The molecule has 10 nitrogen and oxygen atoms in total. The van der Waals surface area contributed by atoms with Crippen LogP contribution in [-0.2, 0) is 46.4 Å². The predicted molar refractivity (Wildman–Crippen MR) is 245 cm³/mol. The van der Waals surface area contributed by atoms with Gasteiger partial charge >= 0.3 is 12.1 Å². The second kappa shape index (κ2) is 22.8. The number of benzene rings is 4. The maximum Gasteiger partial charge on any atom is 0.448 e. The second-order valence-electron chi connectivity index (χ2n) is 13.9. The summed E-state index contributed by atoms with van der Waals surface area (Å²) in [5.41, 5.74) is 6.92. The monoisotopic (exact) mass is 1060 g/mol. The number of methoxy groups -OCH3 is 3. The quantitative estimate of drug-likeness (QED) is 0.0771. The largest absolute Gasteiger partial charge is 0.513 e. The Morgan fingerprint density at radius 1 is 0.606 bits per heavy atom. The molecule has 66 heavy (non-hydrogen) atoms. The second-order valence-corrected chi connectivity index (χ2v) is 17.1. The summed E-state index contributed by atoms with van der Waals surface area (Å²) in [6.07, 6.45) is 3.55. The van der Waals surface area contributed by atoms with E-state index in [1.807, 2.05) is 6.08 Å². The molecule has 1 aliphatic carbocycles. The molecule has 0 saturated carbocycles. The molecule has 0 saturated heterocycles. The molecule has 0 aliphatic heterocycles. The number of aryl methyl sites for hydroxylation is 1. The third kappa shape index (κ3) is 13.3. The molecule has 0 spiro atoms. The number of aliphatic hydroxyl groups is 4. The van der Waals surface area contributed by atoms with Crippen LogP contribution in [0.15, 0.2) is 107 Å². The van der Waals surface area contributed by atoms with Crippen molar-refractivity contribution >= 4 is 89.0 Å².